The lowest BCUT2D eigenvalue weighted by Crippen LogP contribution is -2.69. The number of carbonyl (C=O) groups is 4. The maximum atomic E-state index is 15.7. The number of ketones is 1. The van der Waals surface area contributed by atoms with E-state index in [1.807, 2.05) is 19.1 Å². The van der Waals surface area contributed by atoms with Crippen molar-refractivity contribution in [2.24, 2.45) is 50.2 Å². The van der Waals surface area contributed by atoms with Crippen LogP contribution in [0.25, 0.3) is 0 Å². The molecule has 3 aliphatic heterocycles. The zero-order valence-electron chi connectivity index (χ0n) is 48.4. The number of aldehydes is 1. The van der Waals surface area contributed by atoms with Crippen molar-refractivity contribution < 1.29 is 93.6 Å². The Labute approximate surface area is 494 Å². The molecular weight excluding hydrogens is 1180 g/mol. The van der Waals surface area contributed by atoms with Gasteiger partial charge in [0, 0.05) is 22.0 Å². The van der Waals surface area contributed by atoms with Crippen molar-refractivity contribution in [1.29, 1.82) is 0 Å². The number of aliphatic hydroxyl groups excluding tert-OH is 9. The predicted octanol–water partition coefficient (Wildman–Crippen LogP) is 3.91. The number of Topliss-reactive ketones (excluding diaryl/α,β-unsaturated/α-hetero) is 1. The van der Waals surface area contributed by atoms with E-state index in [1.54, 1.807) is 12.1 Å². The van der Waals surface area contributed by atoms with Crippen molar-refractivity contribution >= 4 is 46.5 Å². The van der Waals surface area contributed by atoms with Gasteiger partial charge in [-0.15, -0.1) is 0 Å². The van der Waals surface area contributed by atoms with Crippen LogP contribution in [0, 0.1) is 53.8 Å². The van der Waals surface area contributed by atoms with Crippen LogP contribution in [0.3, 0.4) is 0 Å². The second kappa shape index (κ2) is 24.5. The number of esters is 1. The van der Waals surface area contributed by atoms with Gasteiger partial charge >= 0.3 is 5.97 Å². The molecular formula is C61H90INO19. The molecule has 0 radical (unpaired) electrons. The van der Waals surface area contributed by atoms with Gasteiger partial charge in [0.15, 0.2) is 24.5 Å². The van der Waals surface area contributed by atoms with Crippen molar-refractivity contribution in [2.75, 3.05) is 13.2 Å². The molecule has 3 saturated heterocycles. The first kappa shape index (κ1) is 63.9. The van der Waals surface area contributed by atoms with Gasteiger partial charge in [-0.05, 0) is 152 Å². The van der Waals surface area contributed by atoms with Gasteiger partial charge in [0.2, 0.25) is 12.2 Å². The third kappa shape index (κ3) is 11.4. The van der Waals surface area contributed by atoms with Crippen LogP contribution < -0.4 is 5.32 Å². The summed E-state index contributed by atoms with van der Waals surface area (Å²) in [5.41, 5.74) is -2.28. The Hall–Kier alpha value is -2.59. The van der Waals surface area contributed by atoms with Gasteiger partial charge in [0.1, 0.15) is 60.5 Å². The monoisotopic (exact) mass is 1270 g/mol. The third-order valence-electron chi connectivity index (χ3n) is 22.0. The number of rotatable bonds is 17. The summed E-state index contributed by atoms with van der Waals surface area (Å²) in [6, 6.07) is 5.98. The number of hydrogen-bond donors (Lipinski definition) is 10. The molecule has 0 bridgehead atoms. The third-order valence-corrected chi connectivity index (χ3v) is 22.7. The molecule has 1 amide bonds. The van der Waals surface area contributed by atoms with Gasteiger partial charge < -0.3 is 84.5 Å². The highest BCUT2D eigenvalue weighted by atomic mass is 127. The van der Waals surface area contributed by atoms with E-state index in [4.69, 9.17) is 28.4 Å². The Morgan fingerprint density at radius 2 is 1.40 bits per heavy atom. The molecule has 0 aromatic heterocycles. The fourth-order valence-corrected chi connectivity index (χ4v) is 17.1. The summed E-state index contributed by atoms with van der Waals surface area (Å²) in [5, 5.41) is 105. The van der Waals surface area contributed by atoms with Crippen molar-refractivity contribution in [2.45, 2.75) is 243 Å². The molecule has 12 unspecified atom stereocenters. The Bertz CT molecular complexity index is 2500. The standard InChI is InChI=1S/C61H90INO19/c1-31-50(80-52-48(74)45(71)37(67)29-77-52)47(73)49(75)53(78-31)81-51-46(72)44(63-43(70)13-11-9-8-10-12-36(66)32-14-16-33(62)17-15-32)38(28-64)79-54(51)82-55(76)61-25-24-56(2,3)26-35(61)34-18-19-40-57(4)22-21-41(68)58(5,30-65)39(57)20-23-59(40,6)60(34,7)27-42(61)69/h14-18,30-31,35,37-42,44-54,64,67-69,71-75H,8-13,19-29H2,1-7H3,(H,63,70)/t31?,35?,37-,38?,39-,40?,41+,42?,44+,45?,46?,47?,48?,49?,50+,51?,52+,53+,54+,57?,58-,59+,60-,61-/m1/s1. The zero-order chi connectivity index (χ0) is 59.6. The molecule has 1 aromatic carbocycles. The Morgan fingerprint density at radius 1 is 0.732 bits per heavy atom. The van der Waals surface area contributed by atoms with Crippen molar-refractivity contribution in [1.82, 2.24) is 5.32 Å². The molecule has 9 rings (SSSR count). The molecule has 10 N–H and O–H groups in total. The van der Waals surface area contributed by atoms with Gasteiger partial charge in [-0.2, -0.15) is 0 Å². The number of hydrogen-bond acceptors (Lipinski definition) is 19. The summed E-state index contributed by atoms with van der Waals surface area (Å²) in [6.07, 6.45) is -12.5. The van der Waals surface area contributed by atoms with Gasteiger partial charge in [-0.1, -0.05) is 78.2 Å². The molecule has 8 aliphatic rings. The molecule has 1 aromatic rings. The topological polar surface area (TPSA) is 318 Å². The number of fused-ring (bicyclic) bond motifs is 7. The quantitative estimate of drug-likeness (QED) is 0.0264. The molecule has 0 spiro atoms. The number of halogens is 1. The molecule has 24 atom stereocenters. The number of amides is 1. The lowest BCUT2D eigenvalue weighted by atomic mass is 9.33. The SMILES string of the molecule is CC1O[C@@H](OC2C(O)[C@@H](NC(=O)CCCCCCC(=O)c3ccc(I)cc3)C(CO)O[C@H]2OC(=O)[C@]23CCC(C)(C)CC2C2=CCC4C5(C)CC[C@H](O)[C@](C)(C=O)[C@@H]5CC[C@]4(C)[C@]2(C)CC3O)C(O)C(O)[C@H]1O[C@@H]1OC[C@@H](O)C(O)C1O. The molecule has 20 nitrogen and oxygen atoms in total. The summed E-state index contributed by atoms with van der Waals surface area (Å²) in [5.74, 6) is -1.77. The largest absolute Gasteiger partial charge is 0.432 e. The van der Waals surface area contributed by atoms with Crippen molar-refractivity contribution in [3.05, 3.63) is 45.0 Å². The highest BCUT2D eigenvalue weighted by Crippen LogP contribution is 2.76. The second-order valence-electron chi connectivity index (χ2n) is 27.2. The number of carbonyl (C=O) groups excluding carboxylic acids is 4. The van der Waals surface area contributed by atoms with Crippen LogP contribution in [0.4, 0.5) is 0 Å². The van der Waals surface area contributed by atoms with Gasteiger partial charge in [-0.3, -0.25) is 14.4 Å². The smallest absolute Gasteiger partial charge is 0.317 e. The van der Waals surface area contributed by atoms with Gasteiger partial charge in [-0.25, -0.2) is 0 Å². The first-order valence-electron chi connectivity index (χ1n) is 29.9. The predicted molar refractivity (Wildman–Crippen MR) is 302 cm³/mol. The average Bonchev–Trinajstić information content (AvgIpc) is 3.61. The number of ether oxygens (including phenoxy) is 6. The molecule has 7 fully saturated rings. The van der Waals surface area contributed by atoms with E-state index in [9.17, 15) is 60.3 Å². The number of benzene rings is 1. The minimum Gasteiger partial charge on any atom is -0.432 e. The maximum absolute atomic E-state index is 15.7. The van der Waals surface area contributed by atoms with Crippen molar-refractivity contribution in [3.63, 3.8) is 0 Å². The van der Waals surface area contributed by atoms with E-state index >= 15 is 4.79 Å². The Kier molecular flexibility index (Phi) is 19.1. The molecule has 21 heteroatoms. The molecule has 3 heterocycles. The summed E-state index contributed by atoms with van der Waals surface area (Å²) < 4.78 is 37.5. The summed E-state index contributed by atoms with van der Waals surface area (Å²) in [6.45, 7) is 13.3. The van der Waals surface area contributed by atoms with Crippen LogP contribution >= 0.6 is 22.6 Å². The zero-order valence-corrected chi connectivity index (χ0v) is 50.6. The minimum absolute atomic E-state index is 0.00902. The first-order chi connectivity index (χ1) is 38.6. The molecule has 4 saturated carbocycles. The summed E-state index contributed by atoms with van der Waals surface area (Å²) in [4.78, 5) is 55.0. The number of allylic oxidation sites excluding steroid dienone is 2. The normalized spacial score (nSPS) is 46.2. The van der Waals surface area contributed by atoms with Crippen LogP contribution in [-0.4, -0.2) is 181 Å². The van der Waals surface area contributed by atoms with Crippen LogP contribution in [0.2, 0.25) is 0 Å². The molecule has 82 heavy (non-hydrogen) atoms. The van der Waals surface area contributed by atoms with E-state index in [-0.39, 0.29) is 53.1 Å². The van der Waals surface area contributed by atoms with Crippen LogP contribution in [0.1, 0.15) is 155 Å². The lowest BCUT2D eigenvalue weighted by molar-refractivity contribution is -0.370. The van der Waals surface area contributed by atoms with Crippen molar-refractivity contribution in [3.8, 4) is 0 Å². The molecule has 460 valence electrons. The summed E-state index contributed by atoms with van der Waals surface area (Å²) >= 11 is 2.18. The Morgan fingerprint density at radius 3 is 2.09 bits per heavy atom. The fraction of sp³-hybridized carbons (Fsp3) is 0.803. The van der Waals surface area contributed by atoms with E-state index in [0.29, 0.717) is 69.8 Å². The maximum Gasteiger partial charge on any atom is 0.317 e. The van der Waals surface area contributed by atoms with Crippen LogP contribution in [-0.2, 0) is 42.8 Å². The van der Waals surface area contributed by atoms with Gasteiger partial charge in [0.05, 0.1) is 43.0 Å². The first-order valence-corrected chi connectivity index (χ1v) is 30.9. The highest BCUT2D eigenvalue weighted by molar-refractivity contribution is 14.1. The van der Waals surface area contributed by atoms with Crippen LogP contribution in [0.15, 0.2) is 35.9 Å². The number of aliphatic hydroxyl groups is 9. The van der Waals surface area contributed by atoms with E-state index in [2.05, 4.69) is 68.6 Å². The average molecular weight is 1270 g/mol. The lowest BCUT2D eigenvalue weighted by Gasteiger charge is -2.71. The van der Waals surface area contributed by atoms with E-state index in [0.717, 1.165) is 28.3 Å². The Balaban J connectivity index is 0.963. The minimum atomic E-state index is -1.95. The second-order valence-corrected chi connectivity index (χ2v) is 28.5. The highest BCUT2D eigenvalue weighted by Gasteiger charge is 2.72. The van der Waals surface area contributed by atoms with Crippen LogP contribution in [0.5, 0.6) is 0 Å². The summed E-state index contributed by atoms with van der Waals surface area (Å²) in [7, 11) is 0. The number of unbranched alkanes of at least 4 members (excludes halogenated alkanes) is 3. The van der Waals surface area contributed by atoms with E-state index in [1.165, 1.54) is 6.92 Å². The molecule has 5 aliphatic carbocycles. The van der Waals surface area contributed by atoms with E-state index < -0.39 is 145 Å². The fourth-order valence-electron chi connectivity index (χ4n) is 16.8. The van der Waals surface area contributed by atoms with Gasteiger partial charge in [0.25, 0.3) is 0 Å². The number of nitrogens with one attached hydrogen (secondary N) is 1.